The molecule has 1 saturated heterocycles. The Kier molecular flexibility index (Phi) is 6.17. The van der Waals surface area contributed by atoms with Gasteiger partial charge in [-0.1, -0.05) is 29.8 Å². The minimum Gasteiger partial charge on any atom is -0.353 e. The summed E-state index contributed by atoms with van der Waals surface area (Å²) in [5.74, 6) is 1.80. The van der Waals surface area contributed by atoms with Crippen LogP contribution in [0.2, 0.25) is 0 Å². The SMILES string of the molecule is Cc1cccc(Cc2c(C)nc(C)nc2N2CCN(C(=O)NC(C)C)CC2)c1. The Labute approximate surface area is 168 Å². The van der Waals surface area contributed by atoms with Crippen molar-refractivity contribution in [1.82, 2.24) is 20.2 Å². The van der Waals surface area contributed by atoms with Crippen LogP contribution in [-0.4, -0.2) is 53.1 Å². The third-order valence-electron chi connectivity index (χ3n) is 5.05. The summed E-state index contributed by atoms with van der Waals surface area (Å²) in [5, 5.41) is 2.98. The van der Waals surface area contributed by atoms with Gasteiger partial charge in [0.25, 0.3) is 0 Å². The lowest BCUT2D eigenvalue weighted by atomic mass is 10.0. The van der Waals surface area contributed by atoms with Crippen molar-refractivity contribution in [1.29, 1.82) is 0 Å². The Hall–Kier alpha value is -2.63. The topological polar surface area (TPSA) is 61.4 Å². The van der Waals surface area contributed by atoms with Crippen molar-refractivity contribution in [2.24, 2.45) is 0 Å². The molecule has 1 aliphatic heterocycles. The highest BCUT2D eigenvalue weighted by Crippen LogP contribution is 2.25. The summed E-state index contributed by atoms with van der Waals surface area (Å²) in [5.41, 5.74) is 4.74. The minimum atomic E-state index is 0.0182. The molecule has 2 aromatic rings. The van der Waals surface area contributed by atoms with Gasteiger partial charge in [-0.25, -0.2) is 14.8 Å². The van der Waals surface area contributed by atoms with Crippen molar-refractivity contribution in [2.75, 3.05) is 31.1 Å². The maximum atomic E-state index is 12.3. The van der Waals surface area contributed by atoms with E-state index in [0.717, 1.165) is 36.8 Å². The summed E-state index contributed by atoms with van der Waals surface area (Å²) in [6, 6.07) is 8.76. The van der Waals surface area contributed by atoms with Gasteiger partial charge in [-0.05, 0) is 40.2 Å². The van der Waals surface area contributed by atoms with Crippen LogP contribution in [0.1, 0.15) is 42.1 Å². The number of hydrogen-bond donors (Lipinski definition) is 1. The fourth-order valence-electron chi connectivity index (χ4n) is 3.67. The van der Waals surface area contributed by atoms with E-state index in [9.17, 15) is 4.79 Å². The van der Waals surface area contributed by atoms with E-state index in [2.05, 4.69) is 53.3 Å². The first kappa shape index (κ1) is 20.1. The number of rotatable bonds is 4. The normalized spacial score (nSPS) is 14.5. The summed E-state index contributed by atoms with van der Waals surface area (Å²) in [4.78, 5) is 25.9. The van der Waals surface area contributed by atoms with E-state index in [1.807, 2.05) is 25.7 Å². The van der Waals surface area contributed by atoms with Crippen LogP contribution in [0, 0.1) is 20.8 Å². The van der Waals surface area contributed by atoms with Gasteiger partial charge in [0.15, 0.2) is 0 Å². The summed E-state index contributed by atoms with van der Waals surface area (Å²) in [6.45, 7) is 13.1. The van der Waals surface area contributed by atoms with Gasteiger partial charge in [0, 0.05) is 49.9 Å². The number of urea groups is 1. The quantitative estimate of drug-likeness (QED) is 0.883. The number of amides is 2. The molecule has 0 atom stereocenters. The third-order valence-corrected chi connectivity index (χ3v) is 5.05. The number of piperazine rings is 1. The van der Waals surface area contributed by atoms with Gasteiger partial charge in [-0.3, -0.25) is 0 Å². The molecular weight excluding hydrogens is 350 g/mol. The molecule has 1 aromatic carbocycles. The summed E-state index contributed by atoms with van der Waals surface area (Å²) >= 11 is 0. The van der Waals surface area contributed by atoms with E-state index in [1.54, 1.807) is 0 Å². The Balaban J connectivity index is 1.79. The van der Waals surface area contributed by atoms with E-state index in [1.165, 1.54) is 16.7 Å². The molecule has 0 aliphatic carbocycles. The maximum Gasteiger partial charge on any atom is 0.317 e. The standard InChI is InChI=1S/C22H31N5O/c1-15(2)23-22(28)27-11-9-26(10-12-27)21-20(17(4)24-18(5)25-21)14-19-8-6-7-16(3)13-19/h6-8,13,15H,9-12,14H2,1-5H3,(H,23,28). The van der Waals surface area contributed by atoms with Gasteiger partial charge in [-0.2, -0.15) is 0 Å². The van der Waals surface area contributed by atoms with Crippen LogP contribution in [0.5, 0.6) is 0 Å². The number of nitrogens with one attached hydrogen (secondary N) is 1. The molecule has 1 aliphatic rings. The average molecular weight is 382 g/mol. The number of benzene rings is 1. The van der Waals surface area contributed by atoms with E-state index >= 15 is 0 Å². The fraction of sp³-hybridized carbons (Fsp3) is 0.500. The third kappa shape index (κ3) is 4.80. The van der Waals surface area contributed by atoms with E-state index < -0.39 is 0 Å². The second kappa shape index (κ2) is 8.59. The van der Waals surface area contributed by atoms with Gasteiger partial charge in [0.05, 0.1) is 0 Å². The van der Waals surface area contributed by atoms with Crippen LogP contribution in [0.3, 0.4) is 0 Å². The van der Waals surface area contributed by atoms with E-state index in [4.69, 9.17) is 4.98 Å². The molecule has 6 heteroatoms. The van der Waals surface area contributed by atoms with Crippen molar-refractivity contribution < 1.29 is 4.79 Å². The molecule has 2 amide bonds. The highest BCUT2D eigenvalue weighted by atomic mass is 16.2. The number of anilines is 1. The molecule has 150 valence electrons. The number of hydrogen-bond acceptors (Lipinski definition) is 4. The highest BCUT2D eigenvalue weighted by molar-refractivity contribution is 5.74. The second-order valence-corrected chi connectivity index (χ2v) is 7.90. The number of carbonyl (C=O) groups is 1. The molecule has 0 radical (unpaired) electrons. The second-order valence-electron chi connectivity index (χ2n) is 7.90. The lowest BCUT2D eigenvalue weighted by Gasteiger charge is -2.36. The lowest BCUT2D eigenvalue weighted by molar-refractivity contribution is 0.191. The highest BCUT2D eigenvalue weighted by Gasteiger charge is 2.25. The van der Waals surface area contributed by atoms with Crippen LogP contribution in [0.15, 0.2) is 24.3 Å². The van der Waals surface area contributed by atoms with Gasteiger partial charge < -0.3 is 15.1 Å². The van der Waals surface area contributed by atoms with Crippen LogP contribution in [0.4, 0.5) is 10.6 Å². The number of carbonyl (C=O) groups excluding carboxylic acids is 1. The molecule has 2 heterocycles. The predicted octanol–water partition coefficient (Wildman–Crippen LogP) is 3.23. The molecular formula is C22H31N5O. The zero-order valence-electron chi connectivity index (χ0n) is 17.6. The fourth-order valence-corrected chi connectivity index (χ4v) is 3.67. The zero-order valence-corrected chi connectivity index (χ0v) is 17.6. The lowest BCUT2D eigenvalue weighted by Crippen LogP contribution is -2.53. The zero-order chi connectivity index (χ0) is 20.3. The first-order valence-electron chi connectivity index (χ1n) is 10.0. The number of aryl methyl sites for hydroxylation is 3. The van der Waals surface area contributed by atoms with Gasteiger partial charge in [-0.15, -0.1) is 0 Å². The summed E-state index contributed by atoms with van der Waals surface area (Å²) in [6.07, 6.45) is 0.817. The average Bonchev–Trinajstić information content (AvgIpc) is 2.63. The summed E-state index contributed by atoms with van der Waals surface area (Å²) in [7, 11) is 0. The smallest absolute Gasteiger partial charge is 0.317 e. The molecule has 1 N–H and O–H groups in total. The molecule has 0 spiro atoms. The monoisotopic (exact) mass is 381 g/mol. The number of nitrogens with zero attached hydrogens (tertiary/aromatic N) is 4. The van der Waals surface area contributed by atoms with Gasteiger partial charge >= 0.3 is 6.03 Å². The van der Waals surface area contributed by atoms with Crippen LogP contribution in [0.25, 0.3) is 0 Å². The van der Waals surface area contributed by atoms with Crippen LogP contribution in [-0.2, 0) is 6.42 Å². The molecule has 0 bridgehead atoms. The first-order chi connectivity index (χ1) is 13.3. The Morgan fingerprint density at radius 1 is 1.11 bits per heavy atom. The maximum absolute atomic E-state index is 12.3. The molecule has 3 rings (SSSR count). The van der Waals surface area contributed by atoms with Crippen LogP contribution >= 0.6 is 0 Å². The van der Waals surface area contributed by atoms with E-state index in [0.29, 0.717) is 13.1 Å². The minimum absolute atomic E-state index is 0.0182. The molecule has 0 unspecified atom stereocenters. The molecule has 1 aromatic heterocycles. The molecule has 0 saturated carbocycles. The summed E-state index contributed by atoms with van der Waals surface area (Å²) < 4.78 is 0. The van der Waals surface area contributed by atoms with Crippen molar-refractivity contribution in [2.45, 2.75) is 47.1 Å². The van der Waals surface area contributed by atoms with Crippen LogP contribution < -0.4 is 10.2 Å². The number of aromatic nitrogens is 2. The largest absolute Gasteiger partial charge is 0.353 e. The Bertz CT molecular complexity index is 841. The van der Waals surface area contributed by atoms with Crippen molar-refractivity contribution in [3.63, 3.8) is 0 Å². The van der Waals surface area contributed by atoms with Crippen molar-refractivity contribution in [3.8, 4) is 0 Å². The first-order valence-corrected chi connectivity index (χ1v) is 10.0. The molecule has 28 heavy (non-hydrogen) atoms. The van der Waals surface area contributed by atoms with Crippen molar-refractivity contribution >= 4 is 11.8 Å². The van der Waals surface area contributed by atoms with Crippen molar-refractivity contribution in [3.05, 3.63) is 52.5 Å². The molecule has 6 nitrogen and oxygen atoms in total. The van der Waals surface area contributed by atoms with Gasteiger partial charge in [0.1, 0.15) is 11.6 Å². The predicted molar refractivity (Wildman–Crippen MR) is 113 cm³/mol. The Morgan fingerprint density at radius 3 is 2.46 bits per heavy atom. The molecule has 1 fully saturated rings. The van der Waals surface area contributed by atoms with E-state index in [-0.39, 0.29) is 12.1 Å². The Morgan fingerprint density at radius 2 is 1.82 bits per heavy atom. The van der Waals surface area contributed by atoms with Gasteiger partial charge in [0.2, 0.25) is 0 Å².